The van der Waals surface area contributed by atoms with Crippen molar-refractivity contribution in [2.75, 3.05) is 0 Å². The number of benzene rings is 1. The molecule has 2 aromatic rings. The summed E-state index contributed by atoms with van der Waals surface area (Å²) in [5, 5.41) is 0.847. The molecule has 0 spiro atoms. The molecule has 1 fully saturated rings. The number of hydrogen-bond donors (Lipinski definition) is 2. The number of fused-ring (bicyclic) bond motifs is 3. The van der Waals surface area contributed by atoms with Crippen molar-refractivity contribution >= 4 is 26.7 Å². The summed E-state index contributed by atoms with van der Waals surface area (Å²) in [6, 6.07) is 3.59. The van der Waals surface area contributed by atoms with Gasteiger partial charge >= 0.3 is 0 Å². The second-order valence-electron chi connectivity index (χ2n) is 9.04. The van der Waals surface area contributed by atoms with E-state index in [0.29, 0.717) is 16.9 Å². The van der Waals surface area contributed by atoms with Gasteiger partial charge in [-0.2, -0.15) is 0 Å². The number of aromatic amines is 1. The zero-order chi connectivity index (χ0) is 19.4. The third kappa shape index (κ3) is 3.45. The number of hydrogen-bond acceptors (Lipinski definition) is 3. The number of sulfonamides is 1. The van der Waals surface area contributed by atoms with Gasteiger partial charge in [-0.25, -0.2) is 13.1 Å². The Morgan fingerprint density at radius 3 is 2.52 bits per heavy atom. The topological polar surface area (TPSA) is 79.0 Å². The van der Waals surface area contributed by atoms with Crippen molar-refractivity contribution in [2.24, 2.45) is 5.41 Å². The van der Waals surface area contributed by atoms with E-state index in [-0.39, 0.29) is 17.2 Å². The minimum absolute atomic E-state index is 0.0260. The molecule has 1 aromatic carbocycles. The highest BCUT2D eigenvalue weighted by Crippen LogP contribution is 2.39. The highest BCUT2D eigenvalue weighted by molar-refractivity contribution is 7.89. The van der Waals surface area contributed by atoms with E-state index in [1.165, 1.54) is 6.42 Å². The molecule has 0 saturated heterocycles. The number of carbonyl (C=O) groups excluding carboxylic acids is 1. The molecule has 146 valence electrons. The summed E-state index contributed by atoms with van der Waals surface area (Å²) in [7, 11) is -3.57. The lowest BCUT2D eigenvalue weighted by Gasteiger charge is -2.28. The van der Waals surface area contributed by atoms with Crippen molar-refractivity contribution in [1.29, 1.82) is 0 Å². The van der Waals surface area contributed by atoms with E-state index in [2.05, 4.69) is 23.6 Å². The molecule has 6 heteroatoms. The van der Waals surface area contributed by atoms with Crippen LogP contribution >= 0.6 is 0 Å². The first-order valence-electron chi connectivity index (χ1n) is 9.87. The van der Waals surface area contributed by atoms with E-state index in [9.17, 15) is 13.2 Å². The van der Waals surface area contributed by atoms with Crippen LogP contribution in [0.3, 0.4) is 0 Å². The SMILES string of the molecule is Cc1cc2c3c([nH]c2cc1S(=O)(=O)NC1CCCCC1)CC(C)(C)CC3=O. The monoisotopic (exact) mass is 388 g/mol. The summed E-state index contributed by atoms with van der Waals surface area (Å²) >= 11 is 0. The molecule has 0 atom stereocenters. The Balaban J connectivity index is 1.75. The molecule has 1 saturated carbocycles. The van der Waals surface area contributed by atoms with E-state index in [0.717, 1.165) is 54.3 Å². The van der Waals surface area contributed by atoms with E-state index >= 15 is 0 Å². The quantitative estimate of drug-likeness (QED) is 0.825. The van der Waals surface area contributed by atoms with Crippen LogP contribution in [0.2, 0.25) is 0 Å². The normalized spacial score (nSPS) is 20.8. The van der Waals surface area contributed by atoms with Crippen LogP contribution in [0.25, 0.3) is 10.9 Å². The van der Waals surface area contributed by atoms with Gasteiger partial charge in [-0.05, 0) is 49.3 Å². The Morgan fingerprint density at radius 2 is 1.81 bits per heavy atom. The lowest BCUT2D eigenvalue weighted by Crippen LogP contribution is -2.36. The standard InChI is InChI=1S/C21H28N2O3S/c1-13-9-15-16(22-17-11-21(2,3)12-18(24)20(15)17)10-19(13)27(25,26)23-14-7-5-4-6-8-14/h9-10,14,22-23H,4-8,11-12H2,1-3H3. The fraction of sp³-hybridized carbons (Fsp3) is 0.571. The van der Waals surface area contributed by atoms with Gasteiger partial charge in [0.2, 0.25) is 10.0 Å². The molecule has 0 bridgehead atoms. The first-order chi connectivity index (χ1) is 12.7. The lowest BCUT2D eigenvalue weighted by molar-refractivity contribution is 0.0913. The predicted octanol–water partition coefficient (Wildman–Crippen LogP) is 4.24. The van der Waals surface area contributed by atoms with Crippen LogP contribution in [0, 0.1) is 12.3 Å². The first kappa shape index (κ1) is 18.7. The summed E-state index contributed by atoms with van der Waals surface area (Å²) in [6.07, 6.45) is 6.46. The predicted molar refractivity (Wildman–Crippen MR) is 107 cm³/mol. The molecule has 0 unspecified atom stereocenters. The lowest BCUT2D eigenvalue weighted by atomic mass is 9.76. The van der Waals surface area contributed by atoms with Gasteiger partial charge in [0.05, 0.1) is 4.90 Å². The zero-order valence-electron chi connectivity index (χ0n) is 16.3. The molecule has 1 heterocycles. The fourth-order valence-electron chi connectivity index (χ4n) is 4.69. The Kier molecular flexibility index (Phi) is 4.47. The summed E-state index contributed by atoms with van der Waals surface area (Å²) < 4.78 is 28.9. The van der Waals surface area contributed by atoms with Crippen LogP contribution in [-0.2, 0) is 16.4 Å². The summed E-state index contributed by atoms with van der Waals surface area (Å²) in [5.74, 6) is 0.142. The van der Waals surface area contributed by atoms with Gasteiger partial charge in [0.25, 0.3) is 0 Å². The van der Waals surface area contributed by atoms with E-state index in [1.807, 2.05) is 13.0 Å². The van der Waals surface area contributed by atoms with Gasteiger partial charge in [-0.1, -0.05) is 33.1 Å². The molecule has 2 aliphatic rings. The number of carbonyl (C=O) groups is 1. The summed E-state index contributed by atoms with van der Waals surface area (Å²) in [4.78, 5) is 16.3. The number of H-pyrrole nitrogens is 1. The molecule has 2 aliphatic carbocycles. The van der Waals surface area contributed by atoms with Gasteiger partial charge in [0.15, 0.2) is 5.78 Å². The van der Waals surface area contributed by atoms with Gasteiger partial charge in [-0.15, -0.1) is 0 Å². The van der Waals surface area contributed by atoms with E-state index in [1.54, 1.807) is 6.07 Å². The molecule has 0 radical (unpaired) electrons. The van der Waals surface area contributed by atoms with E-state index in [4.69, 9.17) is 0 Å². The summed E-state index contributed by atoms with van der Waals surface area (Å²) in [6.45, 7) is 5.99. The highest BCUT2D eigenvalue weighted by atomic mass is 32.2. The van der Waals surface area contributed by atoms with Gasteiger partial charge in [-0.3, -0.25) is 4.79 Å². The second-order valence-corrected chi connectivity index (χ2v) is 10.7. The number of Topliss-reactive ketones (excluding diaryl/α,β-unsaturated/α-hetero) is 1. The second kappa shape index (κ2) is 6.45. The molecule has 5 nitrogen and oxygen atoms in total. The van der Waals surface area contributed by atoms with Crippen LogP contribution in [-0.4, -0.2) is 25.2 Å². The van der Waals surface area contributed by atoms with E-state index < -0.39 is 10.0 Å². The van der Waals surface area contributed by atoms with Crippen LogP contribution < -0.4 is 4.72 Å². The smallest absolute Gasteiger partial charge is 0.241 e. The Hall–Kier alpha value is -1.66. The number of aryl methyl sites for hydroxylation is 1. The van der Waals surface area contributed by atoms with Gasteiger partial charge in [0.1, 0.15) is 0 Å². The highest BCUT2D eigenvalue weighted by Gasteiger charge is 2.34. The van der Waals surface area contributed by atoms with Crippen LogP contribution in [0.15, 0.2) is 17.0 Å². The fourth-order valence-corrected chi connectivity index (χ4v) is 6.25. The number of ketones is 1. The Bertz CT molecular complexity index is 1010. The Labute approximate surface area is 161 Å². The van der Waals surface area contributed by atoms with Crippen LogP contribution in [0.4, 0.5) is 0 Å². The van der Waals surface area contributed by atoms with Crippen molar-refractivity contribution in [2.45, 2.75) is 76.7 Å². The van der Waals surface area contributed by atoms with Crippen molar-refractivity contribution in [3.8, 4) is 0 Å². The molecule has 4 rings (SSSR count). The zero-order valence-corrected chi connectivity index (χ0v) is 17.1. The van der Waals surface area contributed by atoms with Gasteiger partial charge in [0, 0.05) is 34.6 Å². The van der Waals surface area contributed by atoms with Gasteiger partial charge < -0.3 is 4.98 Å². The molecule has 1 aromatic heterocycles. The van der Waals surface area contributed by atoms with Crippen molar-refractivity contribution < 1.29 is 13.2 Å². The Morgan fingerprint density at radius 1 is 1.11 bits per heavy atom. The maximum Gasteiger partial charge on any atom is 0.241 e. The van der Waals surface area contributed by atoms with Crippen LogP contribution in [0.5, 0.6) is 0 Å². The molecular formula is C21H28N2O3S. The average molecular weight is 389 g/mol. The van der Waals surface area contributed by atoms with Crippen molar-refractivity contribution in [3.05, 3.63) is 29.0 Å². The third-order valence-corrected chi connectivity index (χ3v) is 7.62. The van der Waals surface area contributed by atoms with Crippen molar-refractivity contribution in [1.82, 2.24) is 9.71 Å². The largest absolute Gasteiger partial charge is 0.358 e. The molecule has 27 heavy (non-hydrogen) atoms. The molecular weight excluding hydrogens is 360 g/mol. The molecule has 2 N–H and O–H groups in total. The minimum atomic E-state index is -3.57. The number of rotatable bonds is 3. The number of aromatic nitrogens is 1. The van der Waals surface area contributed by atoms with Crippen LogP contribution in [0.1, 0.15) is 74.0 Å². The molecule has 0 aliphatic heterocycles. The summed E-state index contributed by atoms with van der Waals surface area (Å²) in [5.41, 5.74) is 3.03. The maximum absolute atomic E-state index is 13.0. The third-order valence-electron chi connectivity index (χ3n) is 5.96. The average Bonchev–Trinajstić information content (AvgIpc) is 2.90. The molecule has 0 amide bonds. The number of nitrogens with one attached hydrogen (secondary N) is 2. The van der Waals surface area contributed by atoms with Crippen molar-refractivity contribution in [3.63, 3.8) is 0 Å². The maximum atomic E-state index is 13.0. The minimum Gasteiger partial charge on any atom is -0.358 e. The first-order valence-corrected chi connectivity index (χ1v) is 11.4.